The van der Waals surface area contributed by atoms with Gasteiger partial charge in [-0.1, -0.05) is 41.6 Å². The number of amidine groups is 1. The van der Waals surface area contributed by atoms with Crippen LogP contribution in [-0.4, -0.2) is 22.2 Å². The minimum atomic E-state index is -4.60. The highest BCUT2D eigenvalue weighted by molar-refractivity contribution is 8.15. The Morgan fingerprint density at radius 2 is 1.86 bits per heavy atom. The molecule has 146 valence electrons. The first-order valence-electron chi connectivity index (χ1n) is 8.31. The van der Waals surface area contributed by atoms with Crippen molar-refractivity contribution in [1.29, 1.82) is 0 Å². The molecule has 28 heavy (non-hydrogen) atoms. The Morgan fingerprint density at radius 1 is 1.18 bits per heavy atom. The molecule has 1 aliphatic rings. The Morgan fingerprint density at radius 3 is 2.54 bits per heavy atom. The number of aryl methyl sites for hydroxylation is 1. The van der Waals surface area contributed by atoms with Gasteiger partial charge in [-0.15, -0.1) is 0 Å². The molecule has 1 heterocycles. The molecule has 0 aromatic heterocycles. The number of hydrogen-bond donors (Lipinski definition) is 2. The number of alkyl halides is 3. The summed E-state index contributed by atoms with van der Waals surface area (Å²) in [4.78, 5) is 28.7. The molecule has 0 saturated carbocycles. The number of aliphatic imine (C=N–C) groups is 1. The number of thioether (sulfide) groups is 1. The lowest BCUT2D eigenvalue weighted by molar-refractivity contribution is -0.137. The van der Waals surface area contributed by atoms with Crippen LogP contribution in [0.25, 0.3) is 0 Å². The normalized spacial score (nSPS) is 18.6. The van der Waals surface area contributed by atoms with Crippen LogP contribution in [0.5, 0.6) is 0 Å². The van der Waals surface area contributed by atoms with Crippen LogP contribution in [-0.2, 0) is 15.8 Å². The van der Waals surface area contributed by atoms with Gasteiger partial charge in [0.25, 0.3) is 0 Å². The maximum Gasteiger partial charge on any atom is 0.418 e. The van der Waals surface area contributed by atoms with E-state index < -0.39 is 28.8 Å². The molecule has 0 aliphatic carbocycles. The van der Waals surface area contributed by atoms with Gasteiger partial charge in [0.05, 0.1) is 16.9 Å². The number of halogens is 3. The quantitative estimate of drug-likeness (QED) is 0.799. The molecule has 2 aromatic rings. The summed E-state index contributed by atoms with van der Waals surface area (Å²) in [6.45, 7) is 1.92. The van der Waals surface area contributed by atoms with E-state index in [2.05, 4.69) is 15.6 Å². The summed E-state index contributed by atoms with van der Waals surface area (Å²) < 4.78 is 39.3. The molecule has 0 radical (unpaired) electrons. The van der Waals surface area contributed by atoms with Gasteiger partial charge in [-0.2, -0.15) is 13.2 Å². The Kier molecular flexibility index (Phi) is 5.73. The Hall–Kier alpha value is -2.81. The molecule has 2 N–H and O–H groups in total. The fourth-order valence-electron chi connectivity index (χ4n) is 2.53. The summed E-state index contributed by atoms with van der Waals surface area (Å²) in [5.41, 5.74) is 0.354. The summed E-state index contributed by atoms with van der Waals surface area (Å²) in [7, 11) is 0. The Balaban J connectivity index is 1.77. The van der Waals surface area contributed by atoms with E-state index in [9.17, 15) is 22.8 Å². The molecule has 1 atom stereocenters. The second-order valence-electron chi connectivity index (χ2n) is 6.14. The summed E-state index contributed by atoms with van der Waals surface area (Å²) in [6.07, 6.45) is -4.75. The third kappa shape index (κ3) is 4.92. The highest BCUT2D eigenvalue weighted by Gasteiger charge is 2.35. The topological polar surface area (TPSA) is 70.6 Å². The molecule has 0 unspecified atom stereocenters. The lowest BCUT2D eigenvalue weighted by atomic mass is 10.1. The van der Waals surface area contributed by atoms with Gasteiger partial charge in [0.15, 0.2) is 5.17 Å². The molecule has 0 bridgehead atoms. The first kappa shape index (κ1) is 19.9. The first-order chi connectivity index (χ1) is 13.2. The number of amides is 2. The maximum atomic E-state index is 13.1. The predicted octanol–water partition coefficient (Wildman–Crippen LogP) is 4.26. The number of rotatable bonds is 3. The number of nitrogens with zero attached hydrogens (tertiary/aromatic N) is 1. The Labute approximate surface area is 163 Å². The molecule has 1 saturated heterocycles. The van der Waals surface area contributed by atoms with E-state index in [1.165, 1.54) is 18.2 Å². The minimum Gasteiger partial charge on any atom is -0.325 e. The summed E-state index contributed by atoms with van der Waals surface area (Å²) in [5, 5.41) is 4.20. The zero-order chi connectivity index (χ0) is 20.3. The van der Waals surface area contributed by atoms with Crippen LogP contribution in [0.1, 0.15) is 17.5 Å². The number of para-hydroxylation sites is 1. The lowest BCUT2D eigenvalue weighted by Gasteiger charge is -2.23. The van der Waals surface area contributed by atoms with Crippen molar-refractivity contribution in [2.45, 2.75) is 24.8 Å². The number of carbonyl (C=O) groups excluding carboxylic acids is 2. The molecular formula is C19H16F3N3O2S. The number of carbonyl (C=O) groups is 2. The average Bonchev–Trinajstić information content (AvgIpc) is 2.63. The lowest BCUT2D eigenvalue weighted by Crippen LogP contribution is -2.42. The van der Waals surface area contributed by atoms with Gasteiger partial charge in [-0.3, -0.25) is 9.59 Å². The molecule has 3 rings (SSSR count). The average molecular weight is 407 g/mol. The van der Waals surface area contributed by atoms with Crippen LogP contribution < -0.4 is 10.6 Å². The van der Waals surface area contributed by atoms with Crippen molar-refractivity contribution in [1.82, 2.24) is 5.32 Å². The van der Waals surface area contributed by atoms with Gasteiger partial charge in [0, 0.05) is 6.42 Å². The van der Waals surface area contributed by atoms with E-state index in [-0.39, 0.29) is 17.3 Å². The van der Waals surface area contributed by atoms with Crippen LogP contribution in [0.15, 0.2) is 53.5 Å². The van der Waals surface area contributed by atoms with E-state index in [1.807, 2.05) is 19.1 Å². The van der Waals surface area contributed by atoms with Gasteiger partial charge >= 0.3 is 6.18 Å². The number of anilines is 1. The standard InChI is InChI=1S/C19H16F3N3O2S/c1-11-6-8-12(9-7-11)23-18-25-16(26)10-15(28-18)17(27)24-14-5-3-2-4-13(14)19(20,21)22/h2-9,15H,10H2,1H3,(H,24,27)(H,23,25,26)/t15-/m0/s1. The van der Waals surface area contributed by atoms with Crippen molar-refractivity contribution in [3.8, 4) is 0 Å². The van der Waals surface area contributed by atoms with E-state index in [4.69, 9.17) is 0 Å². The van der Waals surface area contributed by atoms with Crippen LogP contribution in [0.4, 0.5) is 24.5 Å². The molecule has 9 heteroatoms. The van der Waals surface area contributed by atoms with Crippen molar-refractivity contribution in [3.05, 3.63) is 59.7 Å². The minimum absolute atomic E-state index is 0.155. The third-order valence-electron chi connectivity index (χ3n) is 3.92. The molecule has 2 aromatic carbocycles. The van der Waals surface area contributed by atoms with Gasteiger partial charge in [-0.05, 0) is 31.2 Å². The van der Waals surface area contributed by atoms with Crippen LogP contribution in [0.2, 0.25) is 0 Å². The molecule has 1 fully saturated rings. The highest BCUT2D eigenvalue weighted by Crippen LogP contribution is 2.35. The van der Waals surface area contributed by atoms with Crippen LogP contribution in [0.3, 0.4) is 0 Å². The van der Waals surface area contributed by atoms with E-state index in [1.54, 1.807) is 12.1 Å². The van der Waals surface area contributed by atoms with Crippen molar-refractivity contribution in [3.63, 3.8) is 0 Å². The number of hydrogen-bond acceptors (Lipinski definition) is 4. The van der Waals surface area contributed by atoms with Crippen molar-refractivity contribution >= 4 is 40.1 Å². The number of nitrogens with one attached hydrogen (secondary N) is 2. The number of benzene rings is 2. The maximum absolute atomic E-state index is 13.1. The molecule has 5 nitrogen and oxygen atoms in total. The van der Waals surface area contributed by atoms with E-state index >= 15 is 0 Å². The second kappa shape index (κ2) is 8.05. The molecule has 2 amide bonds. The van der Waals surface area contributed by atoms with Gasteiger partial charge in [0.1, 0.15) is 5.25 Å². The monoisotopic (exact) mass is 407 g/mol. The van der Waals surface area contributed by atoms with Gasteiger partial charge in [0.2, 0.25) is 11.8 Å². The summed E-state index contributed by atoms with van der Waals surface area (Å²) >= 11 is 1.000. The molecule has 0 spiro atoms. The summed E-state index contributed by atoms with van der Waals surface area (Å²) in [5.74, 6) is -1.11. The van der Waals surface area contributed by atoms with E-state index in [0.29, 0.717) is 5.69 Å². The van der Waals surface area contributed by atoms with Gasteiger partial charge < -0.3 is 10.6 Å². The van der Waals surface area contributed by atoms with Crippen molar-refractivity contribution < 1.29 is 22.8 Å². The summed E-state index contributed by atoms with van der Waals surface area (Å²) in [6, 6.07) is 11.9. The van der Waals surface area contributed by atoms with Gasteiger partial charge in [-0.25, -0.2) is 4.99 Å². The third-order valence-corrected chi connectivity index (χ3v) is 5.00. The second-order valence-corrected chi connectivity index (χ2v) is 7.34. The zero-order valence-electron chi connectivity index (χ0n) is 14.7. The smallest absolute Gasteiger partial charge is 0.325 e. The molecule has 1 aliphatic heterocycles. The van der Waals surface area contributed by atoms with Crippen LogP contribution >= 0.6 is 11.8 Å². The molecular weight excluding hydrogens is 391 g/mol. The zero-order valence-corrected chi connectivity index (χ0v) is 15.5. The SMILES string of the molecule is Cc1ccc(N=C2NC(=O)C[C@@H](C(=O)Nc3ccccc3C(F)(F)F)S2)cc1. The van der Waals surface area contributed by atoms with Crippen molar-refractivity contribution in [2.24, 2.45) is 4.99 Å². The fraction of sp³-hybridized carbons (Fsp3) is 0.211. The Bertz CT molecular complexity index is 927. The largest absolute Gasteiger partial charge is 0.418 e. The van der Waals surface area contributed by atoms with E-state index in [0.717, 1.165) is 23.4 Å². The predicted molar refractivity (Wildman–Crippen MR) is 102 cm³/mol. The van der Waals surface area contributed by atoms with Crippen molar-refractivity contribution in [2.75, 3.05) is 5.32 Å². The van der Waals surface area contributed by atoms with Crippen LogP contribution in [0, 0.1) is 6.92 Å². The highest BCUT2D eigenvalue weighted by atomic mass is 32.2. The fourth-order valence-corrected chi connectivity index (χ4v) is 3.54. The first-order valence-corrected chi connectivity index (χ1v) is 9.19.